The Morgan fingerprint density at radius 2 is 1.67 bits per heavy atom. The van der Waals surface area contributed by atoms with Crippen molar-refractivity contribution in [2.45, 2.75) is 24.3 Å². The van der Waals surface area contributed by atoms with Crippen LogP contribution in [0, 0.1) is 14.4 Å². The molecule has 0 saturated carbocycles. The first-order valence-electron chi connectivity index (χ1n) is 4.99. The number of pyridine rings is 1. The minimum atomic E-state index is 0. The summed E-state index contributed by atoms with van der Waals surface area (Å²) in [5, 5.41) is 14.9. The third-order valence-electron chi connectivity index (χ3n) is 1.54. The fraction of sp³-hybridized carbons (Fsp3) is 0.462. The normalized spacial score (nSPS) is 11.1. The number of hydrogen-bond donors (Lipinski definition) is 2. The third kappa shape index (κ3) is 14.2. The predicted molar refractivity (Wildman–Crippen MR) is 77.8 cm³/mol. The van der Waals surface area contributed by atoms with Crippen LogP contribution in [-0.2, 0) is 21.7 Å². The van der Waals surface area contributed by atoms with E-state index in [1.54, 1.807) is 0 Å². The van der Waals surface area contributed by atoms with E-state index >= 15 is 0 Å². The summed E-state index contributed by atoms with van der Waals surface area (Å²) >= 11 is 1.83. The minimum absolute atomic E-state index is 0. The third-order valence-corrected chi connectivity index (χ3v) is 2.66. The number of aliphatic hydroxyl groups is 2. The van der Waals surface area contributed by atoms with Crippen LogP contribution in [0.2, 0.25) is 0 Å². The Kier molecular flexibility index (Phi) is 28.8. The van der Waals surface area contributed by atoms with Gasteiger partial charge >= 0.3 is 21.7 Å². The number of hydrogen-bond acceptors (Lipinski definition) is 4. The number of rotatable bonds is 3. The van der Waals surface area contributed by atoms with Crippen LogP contribution in [0.25, 0.3) is 0 Å². The van der Waals surface area contributed by atoms with Crippen LogP contribution in [0.4, 0.5) is 0 Å². The van der Waals surface area contributed by atoms with Crippen molar-refractivity contribution in [3.05, 3.63) is 44.4 Å². The van der Waals surface area contributed by atoms with Gasteiger partial charge in [-0.15, -0.1) is 5.25 Å². The molecule has 2 atom stereocenters. The van der Waals surface area contributed by atoms with E-state index in [4.69, 9.17) is 10.2 Å². The number of thioether (sulfide) groups is 1. The summed E-state index contributed by atoms with van der Waals surface area (Å²) in [6.07, 6.45) is 1.83. The molecule has 1 aromatic rings. The Morgan fingerprint density at radius 1 is 1.17 bits per heavy atom. The minimum Gasteiger partial charge on any atom is -0.400 e. The zero-order valence-corrected chi connectivity index (χ0v) is 14.3. The second kappa shape index (κ2) is 19.5. The second-order valence-corrected chi connectivity index (χ2v) is 4.63. The predicted octanol–water partition coefficient (Wildman–Crippen LogP) is 2.76. The van der Waals surface area contributed by atoms with E-state index < -0.39 is 0 Å². The van der Waals surface area contributed by atoms with Crippen molar-refractivity contribution in [3.8, 4) is 0 Å². The number of nitrogens with zero attached hydrogens (tertiary/aromatic N) is 1. The standard InChI is InChI=1S/C10H14NS.2CH4O.CH3.Ti/c1-8(2)12-9(3)10-6-4-5-7-11-10;2*1-2;;/h4-9H,1H2,2-3H3;2*2H,1H3;1H3;/q-1;;;-1;+2. The van der Waals surface area contributed by atoms with Crippen molar-refractivity contribution in [1.29, 1.82) is 0 Å². The van der Waals surface area contributed by atoms with Gasteiger partial charge in [0.2, 0.25) is 0 Å². The van der Waals surface area contributed by atoms with Crippen molar-refractivity contribution >= 4 is 11.8 Å². The van der Waals surface area contributed by atoms with Crippen LogP contribution in [-0.4, -0.2) is 34.7 Å². The van der Waals surface area contributed by atoms with E-state index in [0.717, 1.165) is 19.9 Å². The molecule has 0 bridgehead atoms. The molecule has 3 nitrogen and oxygen atoms in total. The molecule has 0 aliphatic heterocycles. The zero-order chi connectivity index (χ0) is 13.0. The first-order valence-corrected chi connectivity index (χ1v) is 5.93. The molecule has 0 aliphatic carbocycles. The molecule has 0 fully saturated rings. The summed E-state index contributed by atoms with van der Waals surface area (Å²) in [7, 11) is 2.00. The maximum Gasteiger partial charge on any atom is 2.00 e. The van der Waals surface area contributed by atoms with Gasteiger partial charge in [-0.1, -0.05) is 13.0 Å². The molecule has 1 heterocycles. The fourth-order valence-electron chi connectivity index (χ4n) is 1.03. The quantitative estimate of drug-likeness (QED) is 0.666. The molecule has 0 radical (unpaired) electrons. The molecular formula is C13H25NO2STi. The van der Waals surface area contributed by atoms with Gasteiger partial charge in [0, 0.05) is 25.7 Å². The first kappa shape index (κ1) is 26.6. The van der Waals surface area contributed by atoms with Crippen LogP contribution in [0.5, 0.6) is 0 Å². The maximum atomic E-state index is 7.00. The van der Waals surface area contributed by atoms with Gasteiger partial charge in [0.05, 0.1) is 5.69 Å². The van der Waals surface area contributed by atoms with E-state index in [9.17, 15) is 0 Å². The van der Waals surface area contributed by atoms with E-state index in [1.807, 2.05) is 30.1 Å². The van der Waals surface area contributed by atoms with Crippen LogP contribution < -0.4 is 0 Å². The van der Waals surface area contributed by atoms with Gasteiger partial charge in [-0.25, -0.2) is 0 Å². The summed E-state index contributed by atoms with van der Waals surface area (Å²) < 4.78 is 0. The Bertz CT molecular complexity index is 236. The molecular weight excluding hydrogens is 282 g/mol. The fourth-order valence-corrected chi connectivity index (χ4v) is 2.01. The summed E-state index contributed by atoms with van der Waals surface area (Å²) in [4.78, 5) is 4.28. The van der Waals surface area contributed by atoms with E-state index in [0.29, 0.717) is 10.5 Å². The van der Waals surface area contributed by atoms with E-state index in [-0.39, 0.29) is 29.1 Å². The Morgan fingerprint density at radius 3 is 2.00 bits per heavy atom. The Hall–Kier alpha value is 0.134. The molecule has 0 aliphatic rings. The van der Waals surface area contributed by atoms with Crippen molar-refractivity contribution in [2.75, 3.05) is 14.2 Å². The van der Waals surface area contributed by atoms with Crippen molar-refractivity contribution < 1.29 is 31.9 Å². The summed E-state index contributed by atoms with van der Waals surface area (Å²) in [6, 6.07) is 6.02. The Balaban J connectivity index is -0.000000149. The first-order chi connectivity index (χ1) is 7.70. The van der Waals surface area contributed by atoms with Crippen LogP contribution in [0.1, 0.15) is 24.8 Å². The summed E-state index contributed by atoms with van der Waals surface area (Å²) in [5.41, 5.74) is 1.14. The van der Waals surface area contributed by atoms with Crippen molar-refractivity contribution in [1.82, 2.24) is 4.98 Å². The van der Waals surface area contributed by atoms with Gasteiger partial charge in [-0.2, -0.15) is 11.8 Å². The van der Waals surface area contributed by atoms with E-state index in [1.165, 1.54) is 0 Å². The van der Waals surface area contributed by atoms with Crippen LogP contribution in [0.3, 0.4) is 0 Å². The SMILES string of the molecule is CO.CO.[CH2-]C(C)SC(C)c1ccccn1.[CH3-].[Ti+2]. The zero-order valence-electron chi connectivity index (χ0n) is 11.9. The average Bonchev–Trinajstić information content (AvgIpc) is 2.34. The molecule has 1 rings (SSSR count). The molecule has 104 valence electrons. The summed E-state index contributed by atoms with van der Waals surface area (Å²) in [5.74, 6) is 0. The number of aliphatic hydroxyl groups excluding tert-OH is 2. The topological polar surface area (TPSA) is 53.4 Å². The van der Waals surface area contributed by atoms with Gasteiger partial charge in [-0.05, 0) is 19.1 Å². The molecule has 2 unspecified atom stereocenters. The van der Waals surface area contributed by atoms with Gasteiger partial charge in [0.15, 0.2) is 0 Å². The van der Waals surface area contributed by atoms with E-state index in [2.05, 4.69) is 31.8 Å². The smallest absolute Gasteiger partial charge is 0.400 e. The van der Waals surface area contributed by atoms with Gasteiger partial charge in [0.1, 0.15) is 0 Å². The molecule has 5 heteroatoms. The molecule has 0 amide bonds. The van der Waals surface area contributed by atoms with Gasteiger partial charge in [-0.3, -0.25) is 4.98 Å². The number of aromatic nitrogens is 1. The van der Waals surface area contributed by atoms with Crippen molar-refractivity contribution in [2.24, 2.45) is 0 Å². The molecule has 18 heavy (non-hydrogen) atoms. The Labute approximate surface area is 131 Å². The monoisotopic (exact) mass is 307 g/mol. The van der Waals surface area contributed by atoms with Gasteiger partial charge in [0.25, 0.3) is 0 Å². The largest absolute Gasteiger partial charge is 2.00 e. The summed E-state index contributed by atoms with van der Waals surface area (Å²) in [6.45, 7) is 8.20. The van der Waals surface area contributed by atoms with Crippen LogP contribution >= 0.6 is 11.8 Å². The molecule has 0 spiro atoms. The van der Waals surface area contributed by atoms with Crippen molar-refractivity contribution in [3.63, 3.8) is 0 Å². The van der Waals surface area contributed by atoms with Gasteiger partial charge < -0.3 is 24.6 Å². The molecule has 1 aromatic heterocycles. The van der Waals surface area contributed by atoms with Crippen LogP contribution in [0.15, 0.2) is 24.4 Å². The second-order valence-electron chi connectivity index (χ2n) is 2.84. The molecule has 0 aromatic carbocycles. The molecule has 0 saturated heterocycles. The maximum absolute atomic E-state index is 7.00. The average molecular weight is 307 g/mol. The molecule has 2 N–H and O–H groups in total.